The summed E-state index contributed by atoms with van der Waals surface area (Å²) in [4.78, 5) is 27.9. The quantitative estimate of drug-likeness (QED) is 0.238. The van der Waals surface area contributed by atoms with Crippen LogP contribution in [0.15, 0.2) is 23.3 Å². The summed E-state index contributed by atoms with van der Waals surface area (Å²) in [5, 5.41) is 4.45. The summed E-state index contributed by atoms with van der Waals surface area (Å²) >= 11 is 12.0. The summed E-state index contributed by atoms with van der Waals surface area (Å²) in [7, 11) is 0. The van der Waals surface area contributed by atoms with E-state index in [0.29, 0.717) is 48.6 Å². The summed E-state index contributed by atoms with van der Waals surface area (Å²) in [6, 6.07) is 5.08. The second-order valence-electron chi connectivity index (χ2n) is 5.79. The highest BCUT2D eigenvalue weighted by Crippen LogP contribution is 2.38. The zero-order valence-electron chi connectivity index (χ0n) is 12.6. The van der Waals surface area contributed by atoms with Gasteiger partial charge < -0.3 is 0 Å². The smallest absolute Gasteiger partial charge is 0.146 e. The maximum atomic E-state index is 12.6. The monoisotopic (exact) mass is 353 g/mol. The van der Waals surface area contributed by atoms with Crippen molar-refractivity contribution in [3.8, 4) is 0 Å². The predicted octanol–water partition coefficient (Wildman–Crippen LogP) is 4.93. The van der Waals surface area contributed by atoms with Crippen molar-refractivity contribution < 1.29 is 9.59 Å². The van der Waals surface area contributed by atoms with Crippen LogP contribution in [0.5, 0.6) is 0 Å². The van der Waals surface area contributed by atoms with E-state index in [-0.39, 0.29) is 18.1 Å². The normalized spacial score (nSPS) is 17.0. The first kappa shape index (κ1) is 17.8. The summed E-state index contributed by atoms with van der Waals surface area (Å²) < 4.78 is 0. The molecule has 0 bridgehead atoms. The minimum Gasteiger partial charge on any atom is -0.299 e. The largest absolute Gasteiger partial charge is 0.299 e. The van der Waals surface area contributed by atoms with E-state index >= 15 is 0 Å². The highest BCUT2D eigenvalue weighted by atomic mass is 35.5. The van der Waals surface area contributed by atoms with Crippen molar-refractivity contribution >= 4 is 34.8 Å². The Hall–Kier alpha value is -1.55. The first-order chi connectivity index (χ1) is 11.0. The number of azide groups is 1. The number of benzene rings is 1. The van der Waals surface area contributed by atoms with Crippen molar-refractivity contribution in [3.05, 3.63) is 44.3 Å². The van der Waals surface area contributed by atoms with Crippen molar-refractivity contribution in [1.29, 1.82) is 0 Å². The van der Waals surface area contributed by atoms with Crippen LogP contribution < -0.4 is 0 Å². The molecule has 2 rings (SSSR count). The molecule has 0 spiro atoms. The fraction of sp³-hybridized carbons (Fsp3) is 0.500. The molecule has 23 heavy (non-hydrogen) atoms. The molecule has 7 heteroatoms. The average molecular weight is 354 g/mol. The van der Waals surface area contributed by atoms with E-state index in [1.165, 1.54) is 0 Å². The third-order valence-electron chi connectivity index (χ3n) is 4.23. The van der Waals surface area contributed by atoms with Crippen LogP contribution in [0.2, 0.25) is 10.0 Å². The third-order valence-corrected chi connectivity index (χ3v) is 4.66. The molecule has 0 aromatic heterocycles. The molecule has 0 heterocycles. The molecule has 1 aromatic rings. The van der Waals surface area contributed by atoms with Crippen LogP contribution in [0.4, 0.5) is 0 Å². The van der Waals surface area contributed by atoms with Crippen molar-refractivity contribution in [2.75, 3.05) is 6.54 Å². The van der Waals surface area contributed by atoms with Crippen molar-refractivity contribution in [1.82, 2.24) is 0 Å². The third kappa shape index (κ3) is 4.25. The van der Waals surface area contributed by atoms with Gasteiger partial charge >= 0.3 is 0 Å². The van der Waals surface area contributed by atoms with Gasteiger partial charge in [0.2, 0.25) is 0 Å². The van der Waals surface area contributed by atoms with E-state index in [4.69, 9.17) is 28.7 Å². The lowest BCUT2D eigenvalue weighted by atomic mass is 9.66. The second-order valence-corrected chi connectivity index (χ2v) is 6.67. The van der Waals surface area contributed by atoms with Gasteiger partial charge in [-0.25, -0.2) is 0 Å². The number of ketones is 2. The molecule has 0 N–H and O–H groups in total. The van der Waals surface area contributed by atoms with Crippen molar-refractivity contribution in [2.24, 2.45) is 10.5 Å². The Balaban J connectivity index is 2.30. The van der Waals surface area contributed by atoms with E-state index in [9.17, 15) is 9.59 Å². The minimum absolute atomic E-state index is 0.0363. The van der Waals surface area contributed by atoms with Crippen LogP contribution in [0.1, 0.15) is 37.7 Å². The van der Waals surface area contributed by atoms with Gasteiger partial charge in [0.25, 0.3) is 0 Å². The summed E-state index contributed by atoms with van der Waals surface area (Å²) in [5.74, 6) is -0.0726. The fourth-order valence-electron chi connectivity index (χ4n) is 3.17. The molecule has 1 fully saturated rings. The van der Waals surface area contributed by atoms with E-state index in [2.05, 4.69) is 10.0 Å². The molecule has 5 nitrogen and oxygen atoms in total. The van der Waals surface area contributed by atoms with Gasteiger partial charge in [-0.1, -0.05) is 28.3 Å². The zero-order valence-corrected chi connectivity index (χ0v) is 14.1. The maximum Gasteiger partial charge on any atom is 0.146 e. The molecule has 0 amide bonds. The second kappa shape index (κ2) is 7.82. The van der Waals surface area contributed by atoms with Crippen LogP contribution in [0, 0.1) is 5.41 Å². The number of carbonyl (C=O) groups is 2. The Bertz CT molecular complexity index is 633. The summed E-state index contributed by atoms with van der Waals surface area (Å²) in [6.07, 6.45) is 2.58. The molecule has 122 valence electrons. The van der Waals surface area contributed by atoms with Crippen LogP contribution in [0.25, 0.3) is 10.4 Å². The van der Waals surface area contributed by atoms with Crippen LogP contribution >= 0.6 is 23.2 Å². The Morgan fingerprint density at radius 1 is 1.13 bits per heavy atom. The summed E-state index contributed by atoms with van der Waals surface area (Å²) in [5.41, 5.74) is 8.09. The van der Waals surface area contributed by atoms with Gasteiger partial charge in [-0.05, 0) is 55.0 Å². The van der Waals surface area contributed by atoms with Gasteiger partial charge in [0.1, 0.15) is 11.6 Å². The average Bonchev–Trinajstić information content (AvgIpc) is 2.48. The Morgan fingerprint density at radius 2 is 1.74 bits per heavy atom. The Morgan fingerprint density at radius 3 is 2.30 bits per heavy atom. The predicted molar refractivity (Wildman–Crippen MR) is 89.7 cm³/mol. The van der Waals surface area contributed by atoms with E-state index in [0.717, 1.165) is 5.56 Å². The molecule has 1 saturated carbocycles. The number of hydrogen-bond acceptors (Lipinski definition) is 3. The van der Waals surface area contributed by atoms with Crippen LogP contribution in [-0.2, 0) is 16.0 Å². The molecule has 1 aromatic carbocycles. The van der Waals surface area contributed by atoms with E-state index < -0.39 is 5.41 Å². The highest BCUT2D eigenvalue weighted by Gasteiger charge is 2.46. The molecule has 0 saturated heterocycles. The first-order valence-electron chi connectivity index (χ1n) is 7.50. The standard InChI is InChI=1S/C16H17Cl2N3O2/c17-12-7-11(8-13(18)9-12)10-16(5-2-6-20-21-19)14(22)3-1-4-15(16)23/h7-9H,1-6,10H2. The lowest BCUT2D eigenvalue weighted by Crippen LogP contribution is -2.44. The molecule has 0 radical (unpaired) electrons. The molecule has 1 aliphatic carbocycles. The number of Topliss-reactive ketones (excluding diaryl/α,β-unsaturated/α-hetero) is 2. The minimum atomic E-state index is -1.04. The fourth-order valence-corrected chi connectivity index (χ4v) is 3.74. The number of halogens is 2. The van der Waals surface area contributed by atoms with Crippen molar-refractivity contribution in [3.63, 3.8) is 0 Å². The zero-order chi connectivity index (χ0) is 16.9. The molecule has 0 aliphatic heterocycles. The SMILES string of the molecule is [N-]=[N+]=NCCCC1(Cc2cc(Cl)cc(Cl)c2)C(=O)CCCC1=O. The van der Waals surface area contributed by atoms with Gasteiger partial charge in [0.15, 0.2) is 0 Å². The number of rotatable bonds is 6. The van der Waals surface area contributed by atoms with Gasteiger partial charge in [0.05, 0.1) is 5.41 Å². The van der Waals surface area contributed by atoms with Gasteiger partial charge in [-0.2, -0.15) is 0 Å². The lowest BCUT2D eigenvalue weighted by Gasteiger charge is -2.34. The lowest BCUT2D eigenvalue weighted by molar-refractivity contribution is -0.144. The highest BCUT2D eigenvalue weighted by molar-refractivity contribution is 6.34. The van der Waals surface area contributed by atoms with Gasteiger partial charge in [-0.3, -0.25) is 9.59 Å². The molecule has 0 unspecified atom stereocenters. The Labute approximate surface area is 144 Å². The topological polar surface area (TPSA) is 82.9 Å². The van der Waals surface area contributed by atoms with Gasteiger partial charge in [0, 0.05) is 34.3 Å². The number of carbonyl (C=O) groups excluding carboxylic acids is 2. The molecule has 0 atom stereocenters. The molecular weight excluding hydrogens is 337 g/mol. The van der Waals surface area contributed by atoms with E-state index in [1.807, 2.05) is 0 Å². The molecular formula is C16H17Cl2N3O2. The number of hydrogen-bond donors (Lipinski definition) is 0. The van der Waals surface area contributed by atoms with Gasteiger partial charge in [-0.15, -0.1) is 0 Å². The summed E-state index contributed by atoms with van der Waals surface area (Å²) in [6.45, 7) is 0.273. The maximum absolute atomic E-state index is 12.6. The number of nitrogens with zero attached hydrogens (tertiary/aromatic N) is 3. The first-order valence-corrected chi connectivity index (χ1v) is 8.26. The van der Waals surface area contributed by atoms with Crippen molar-refractivity contribution in [2.45, 2.75) is 38.5 Å². The van der Waals surface area contributed by atoms with E-state index in [1.54, 1.807) is 18.2 Å². The van der Waals surface area contributed by atoms with Crippen LogP contribution in [-0.4, -0.2) is 18.1 Å². The van der Waals surface area contributed by atoms with Crippen LogP contribution in [0.3, 0.4) is 0 Å². The molecule has 1 aliphatic rings. The Kier molecular flexibility index (Phi) is 6.05.